The van der Waals surface area contributed by atoms with Crippen LogP contribution in [0.25, 0.3) is 0 Å². The van der Waals surface area contributed by atoms with Crippen molar-refractivity contribution in [3.63, 3.8) is 0 Å². The Balaban J connectivity index is 2.48. The number of rotatable bonds is 5. The summed E-state index contributed by atoms with van der Waals surface area (Å²) in [5.41, 5.74) is 2.56. The first-order chi connectivity index (χ1) is 9.62. The van der Waals surface area contributed by atoms with Crippen LogP contribution >= 0.6 is 11.6 Å². The van der Waals surface area contributed by atoms with Crippen LogP contribution in [0.5, 0.6) is 0 Å². The third-order valence-electron chi connectivity index (χ3n) is 3.33. The molecule has 106 valence electrons. The standard InChI is InChI=1S/C15H16ClFN2O/c1-3-14-11(9-20)15(4-2)19(18-14)8-10-12(16)6-5-7-13(10)17/h5-7,9H,3-4,8H2,1-2H3. The summed E-state index contributed by atoms with van der Waals surface area (Å²) >= 11 is 6.04. The van der Waals surface area contributed by atoms with E-state index in [2.05, 4.69) is 5.10 Å². The van der Waals surface area contributed by atoms with E-state index < -0.39 is 0 Å². The Kier molecular flexibility index (Phi) is 4.55. The molecule has 0 unspecified atom stereocenters. The first-order valence-electron chi connectivity index (χ1n) is 6.58. The molecular weight excluding hydrogens is 279 g/mol. The lowest BCUT2D eigenvalue weighted by molar-refractivity contribution is 0.112. The lowest BCUT2D eigenvalue weighted by Gasteiger charge is -2.09. The third kappa shape index (κ3) is 2.61. The molecular formula is C15H16ClFN2O. The quantitative estimate of drug-likeness (QED) is 0.789. The minimum atomic E-state index is -0.360. The number of benzene rings is 1. The van der Waals surface area contributed by atoms with Crippen LogP contribution in [0, 0.1) is 5.82 Å². The zero-order chi connectivity index (χ0) is 14.7. The summed E-state index contributed by atoms with van der Waals surface area (Å²) in [7, 11) is 0. The van der Waals surface area contributed by atoms with Gasteiger partial charge in [0.2, 0.25) is 0 Å². The summed E-state index contributed by atoms with van der Waals surface area (Å²) in [4.78, 5) is 11.2. The average molecular weight is 295 g/mol. The van der Waals surface area contributed by atoms with E-state index in [1.165, 1.54) is 6.07 Å². The van der Waals surface area contributed by atoms with Crippen molar-refractivity contribution in [3.05, 3.63) is 51.6 Å². The first-order valence-corrected chi connectivity index (χ1v) is 6.96. The zero-order valence-corrected chi connectivity index (χ0v) is 12.2. The topological polar surface area (TPSA) is 34.9 Å². The Morgan fingerprint density at radius 3 is 2.65 bits per heavy atom. The smallest absolute Gasteiger partial charge is 0.153 e. The second-order valence-corrected chi connectivity index (χ2v) is 4.90. The molecule has 0 saturated carbocycles. The van der Waals surface area contributed by atoms with Gasteiger partial charge < -0.3 is 0 Å². The van der Waals surface area contributed by atoms with E-state index in [1.807, 2.05) is 13.8 Å². The van der Waals surface area contributed by atoms with Crippen molar-refractivity contribution < 1.29 is 9.18 Å². The average Bonchev–Trinajstić information content (AvgIpc) is 2.79. The molecule has 0 fully saturated rings. The number of carbonyl (C=O) groups excluding carboxylic acids is 1. The van der Waals surface area contributed by atoms with E-state index >= 15 is 0 Å². The second kappa shape index (κ2) is 6.18. The van der Waals surface area contributed by atoms with E-state index in [9.17, 15) is 9.18 Å². The fourth-order valence-corrected chi connectivity index (χ4v) is 2.52. The van der Waals surface area contributed by atoms with E-state index in [0.29, 0.717) is 29.0 Å². The summed E-state index contributed by atoms with van der Waals surface area (Å²) < 4.78 is 15.5. The van der Waals surface area contributed by atoms with Crippen molar-refractivity contribution in [3.8, 4) is 0 Å². The maximum Gasteiger partial charge on any atom is 0.153 e. The molecule has 20 heavy (non-hydrogen) atoms. The highest BCUT2D eigenvalue weighted by molar-refractivity contribution is 6.31. The van der Waals surface area contributed by atoms with Crippen molar-refractivity contribution >= 4 is 17.9 Å². The van der Waals surface area contributed by atoms with Crippen molar-refractivity contribution in [1.29, 1.82) is 0 Å². The highest BCUT2D eigenvalue weighted by Gasteiger charge is 2.17. The van der Waals surface area contributed by atoms with E-state index in [4.69, 9.17) is 11.6 Å². The SMILES string of the molecule is CCc1nn(Cc2c(F)cccc2Cl)c(CC)c1C=O. The molecule has 0 saturated heterocycles. The molecule has 0 aliphatic carbocycles. The van der Waals surface area contributed by atoms with Gasteiger partial charge >= 0.3 is 0 Å². The Labute approximate surface area is 122 Å². The van der Waals surface area contributed by atoms with E-state index in [0.717, 1.165) is 17.7 Å². The molecule has 1 heterocycles. The third-order valence-corrected chi connectivity index (χ3v) is 3.69. The van der Waals surface area contributed by atoms with Gasteiger partial charge in [0.15, 0.2) is 6.29 Å². The van der Waals surface area contributed by atoms with E-state index in [1.54, 1.807) is 16.8 Å². The molecule has 0 bridgehead atoms. The number of aldehydes is 1. The van der Waals surface area contributed by atoms with Crippen LogP contribution in [0.4, 0.5) is 4.39 Å². The predicted octanol–water partition coefficient (Wildman–Crippen LogP) is 3.66. The fourth-order valence-electron chi connectivity index (χ4n) is 2.30. The van der Waals surface area contributed by atoms with Gasteiger partial charge in [-0.1, -0.05) is 31.5 Å². The molecule has 0 amide bonds. The minimum absolute atomic E-state index is 0.232. The summed E-state index contributed by atoms with van der Waals surface area (Å²) in [6.07, 6.45) is 2.15. The molecule has 0 spiro atoms. The molecule has 0 aliphatic rings. The maximum atomic E-state index is 13.8. The van der Waals surface area contributed by atoms with Crippen molar-refractivity contribution in [1.82, 2.24) is 9.78 Å². The van der Waals surface area contributed by atoms with Crippen LogP contribution in [-0.2, 0) is 19.4 Å². The van der Waals surface area contributed by atoms with Crippen LogP contribution in [0.2, 0.25) is 5.02 Å². The molecule has 1 aromatic carbocycles. The first kappa shape index (κ1) is 14.7. The van der Waals surface area contributed by atoms with Crippen molar-refractivity contribution in [2.45, 2.75) is 33.2 Å². The fraction of sp³-hybridized carbons (Fsp3) is 0.333. The molecule has 1 aromatic heterocycles. The number of aromatic nitrogens is 2. The summed E-state index contributed by atoms with van der Waals surface area (Å²) in [5, 5.41) is 4.78. The lowest BCUT2D eigenvalue weighted by Crippen LogP contribution is -2.08. The molecule has 2 aromatic rings. The van der Waals surface area contributed by atoms with Crippen LogP contribution in [0.1, 0.15) is 41.2 Å². The molecule has 0 atom stereocenters. The number of hydrogen-bond donors (Lipinski definition) is 0. The zero-order valence-electron chi connectivity index (χ0n) is 11.5. The minimum Gasteiger partial charge on any atom is -0.298 e. The van der Waals surface area contributed by atoms with Crippen LogP contribution < -0.4 is 0 Å². The van der Waals surface area contributed by atoms with Gasteiger partial charge in [-0.05, 0) is 25.0 Å². The Bertz CT molecular complexity index is 617. The number of aryl methyl sites for hydroxylation is 1. The monoisotopic (exact) mass is 294 g/mol. The van der Waals surface area contributed by atoms with Crippen molar-refractivity contribution in [2.75, 3.05) is 0 Å². The van der Waals surface area contributed by atoms with Gasteiger partial charge in [0.1, 0.15) is 5.82 Å². The summed E-state index contributed by atoms with van der Waals surface area (Å²) in [5.74, 6) is -0.360. The number of hydrogen-bond acceptors (Lipinski definition) is 2. The highest BCUT2D eigenvalue weighted by atomic mass is 35.5. The van der Waals surface area contributed by atoms with Gasteiger partial charge in [-0.2, -0.15) is 5.10 Å². The molecule has 3 nitrogen and oxygen atoms in total. The number of nitrogens with zero attached hydrogens (tertiary/aromatic N) is 2. The second-order valence-electron chi connectivity index (χ2n) is 4.49. The van der Waals surface area contributed by atoms with Gasteiger partial charge in [0, 0.05) is 16.3 Å². The molecule has 0 aliphatic heterocycles. The predicted molar refractivity (Wildman–Crippen MR) is 76.9 cm³/mol. The van der Waals surface area contributed by atoms with Gasteiger partial charge in [0.25, 0.3) is 0 Å². The van der Waals surface area contributed by atoms with Crippen LogP contribution in [0.3, 0.4) is 0 Å². The normalized spacial score (nSPS) is 10.8. The van der Waals surface area contributed by atoms with Gasteiger partial charge in [-0.3, -0.25) is 9.48 Å². The number of carbonyl (C=O) groups is 1. The summed E-state index contributed by atoms with van der Waals surface area (Å²) in [6, 6.07) is 4.59. The summed E-state index contributed by atoms with van der Waals surface area (Å²) in [6.45, 7) is 4.12. The Morgan fingerprint density at radius 1 is 1.35 bits per heavy atom. The van der Waals surface area contributed by atoms with Gasteiger partial charge in [0.05, 0.1) is 17.8 Å². The van der Waals surface area contributed by atoms with E-state index in [-0.39, 0.29) is 12.4 Å². The highest BCUT2D eigenvalue weighted by Crippen LogP contribution is 2.22. The van der Waals surface area contributed by atoms with Crippen LogP contribution in [-0.4, -0.2) is 16.1 Å². The van der Waals surface area contributed by atoms with Crippen LogP contribution in [0.15, 0.2) is 18.2 Å². The molecule has 0 N–H and O–H groups in total. The molecule has 5 heteroatoms. The largest absolute Gasteiger partial charge is 0.298 e. The lowest BCUT2D eigenvalue weighted by atomic mass is 10.1. The molecule has 2 rings (SSSR count). The number of halogens is 2. The Morgan fingerprint density at radius 2 is 2.10 bits per heavy atom. The van der Waals surface area contributed by atoms with Crippen molar-refractivity contribution in [2.24, 2.45) is 0 Å². The van der Waals surface area contributed by atoms with Gasteiger partial charge in [-0.15, -0.1) is 0 Å². The van der Waals surface area contributed by atoms with Gasteiger partial charge in [-0.25, -0.2) is 4.39 Å². The maximum absolute atomic E-state index is 13.8. The molecule has 0 radical (unpaired) electrons. The Hall–Kier alpha value is -1.68.